The first-order chi connectivity index (χ1) is 12.1. The highest BCUT2D eigenvalue weighted by molar-refractivity contribution is 7.98. The number of ether oxygens (including phenoxy) is 1. The van der Waals surface area contributed by atoms with E-state index in [0.29, 0.717) is 31.5 Å². The van der Waals surface area contributed by atoms with E-state index in [1.807, 2.05) is 6.26 Å². The van der Waals surface area contributed by atoms with Gasteiger partial charge in [0.2, 0.25) is 5.91 Å². The lowest BCUT2D eigenvalue weighted by Crippen LogP contribution is -2.37. The molecule has 1 aliphatic heterocycles. The minimum absolute atomic E-state index is 0.188. The van der Waals surface area contributed by atoms with E-state index in [-0.39, 0.29) is 5.91 Å². The molecule has 3 heterocycles. The summed E-state index contributed by atoms with van der Waals surface area (Å²) >= 11 is 7.25. The maximum Gasteiger partial charge on any atom is 0.237 e. The van der Waals surface area contributed by atoms with E-state index in [1.165, 1.54) is 11.8 Å². The molecular formula is C15H21ClN6O2S. The molecule has 0 radical (unpaired) electrons. The summed E-state index contributed by atoms with van der Waals surface area (Å²) in [6, 6.07) is 0. The lowest BCUT2D eigenvalue weighted by atomic mass is 10.3. The van der Waals surface area contributed by atoms with Crippen LogP contribution in [0.4, 0.5) is 5.82 Å². The summed E-state index contributed by atoms with van der Waals surface area (Å²) in [4.78, 5) is 23.0. The van der Waals surface area contributed by atoms with Crippen molar-refractivity contribution in [3.05, 3.63) is 6.20 Å². The maximum absolute atomic E-state index is 11.6. The molecule has 2 aromatic heterocycles. The summed E-state index contributed by atoms with van der Waals surface area (Å²) in [5, 5.41) is 8.28. The number of hydrogen-bond donors (Lipinski definition) is 1. The Balaban J connectivity index is 1.84. The third-order valence-electron chi connectivity index (χ3n) is 3.93. The van der Waals surface area contributed by atoms with Crippen molar-refractivity contribution in [2.45, 2.75) is 24.0 Å². The molecule has 0 bridgehead atoms. The number of carbonyl (C=O) groups excluding carboxylic acids is 1. The summed E-state index contributed by atoms with van der Waals surface area (Å²) in [6.07, 6.45) is 3.74. The van der Waals surface area contributed by atoms with Crippen molar-refractivity contribution < 1.29 is 9.53 Å². The molecule has 136 valence electrons. The maximum atomic E-state index is 11.6. The third-order valence-corrected chi connectivity index (χ3v) is 4.68. The number of thioether (sulfide) groups is 1. The molecule has 1 amide bonds. The highest BCUT2D eigenvalue weighted by Crippen LogP contribution is 2.27. The topological polar surface area (TPSA) is 85.2 Å². The van der Waals surface area contributed by atoms with Crippen LogP contribution in [-0.4, -0.2) is 70.1 Å². The van der Waals surface area contributed by atoms with Gasteiger partial charge >= 0.3 is 0 Å². The summed E-state index contributed by atoms with van der Waals surface area (Å²) in [6.45, 7) is 5.59. The summed E-state index contributed by atoms with van der Waals surface area (Å²) in [5.41, 5.74) is 0.772. The van der Waals surface area contributed by atoms with Gasteiger partial charge in [-0.05, 0) is 13.2 Å². The zero-order valence-corrected chi connectivity index (χ0v) is 15.8. The van der Waals surface area contributed by atoms with Gasteiger partial charge in [-0.15, -0.1) is 11.6 Å². The molecule has 1 saturated heterocycles. The molecular weight excluding hydrogens is 364 g/mol. The molecule has 2 aromatic rings. The van der Waals surface area contributed by atoms with Crippen LogP contribution in [0.15, 0.2) is 11.4 Å². The standard InChI is InChI=1S/C15H21ClN6O2S/c1-10(16)14(23)17-3-4-22-13-11(9-18-22)12(19-15(20-13)25-2)21-5-7-24-8-6-21/h9-10H,3-8H2,1-2H3,(H,17,23). The van der Waals surface area contributed by atoms with E-state index in [9.17, 15) is 4.79 Å². The monoisotopic (exact) mass is 384 g/mol. The summed E-state index contributed by atoms with van der Waals surface area (Å²) in [5.74, 6) is 0.703. The van der Waals surface area contributed by atoms with Gasteiger partial charge in [0, 0.05) is 19.6 Å². The smallest absolute Gasteiger partial charge is 0.237 e. The molecule has 0 saturated carbocycles. The van der Waals surface area contributed by atoms with Crippen LogP contribution >= 0.6 is 23.4 Å². The first-order valence-electron chi connectivity index (χ1n) is 8.12. The molecule has 1 aliphatic rings. The average Bonchev–Trinajstić information content (AvgIpc) is 3.04. The highest BCUT2D eigenvalue weighted by Gasteiger charge is 2.20. The number of halogens is 1. The van der Waals surface area contributed by atoms with E-state index in [0.717, 1.165) is 29.9 Å². The van der Waals surface area contributed by atoms with Gasteiger partial charge in [0.15, 0.2) is 10.8 Å². The fourth-order valence-electron chi connectivity index (χ4n) is 2.62. The third kappa shape index (κ3) is 4.16. The molecule has 10 heteroatoms. The number of hydrogen-bond acceptors (Lipinski definition) is 7. The van der Waals surface area contributed by atoms with Gasteiger partial charge in [-0.25, -0.2) is 14.6 Å². The minimum atomic E-state index is -0.548. The number of morpholine rings is 1. The lowest BCUT2D eigenvalue weighted by molar-refractivity contribution is -0.120. The molecule has 1 unspecified atom stereocenters. The van der Waals surface area contributed by atoms with Gasteiger partial charge in [0.25, 0.3) is 0 Å². The van der Waals surface area contributed by atoms with Crippen molar-refractivity contribution in [3.8, 4) is 0 Å². The van der Waals surface area contributed by atoms with Crippen LogP contribution in [0.25, 0.3) is 11.0 Å². The van der Waals surface area contributed by atoms with Gasteiger partial charge < -0.3 is 15.0 Å². The largest absolute Gasteiger partial charge is 0.378 e. The van der Waals surface area contributed by atoms with Crippen molar-refractivity contribution >= 4 is 46.1 Å². The van der Waals surface area contributed by atoms with Crippen LogP contribution in [0.5, 0.6) is 0 Å². The minimum Gasteiger partial charge on any atom is -0.378 e. The number of nitrogens with one attached hydrogen (secondary N) is 1. The van der Waals surface area contributed by atoms with E-state index in [2.05, 4.69) is 25.3 Å². The number of aromatic nitrogens is 4. The number of carbonyl (C=O) groups is 1. The Kier molecular flexibility index (Phi) is 5.98. The molecule has 8 nitrogen and oxygen atoms in total. The Morgan fingerprint density at radius 3 is 2.88 bits per heavy atom. The van der Waals surface area contributed by atoms with Crippen molar-refractivity contribution in [2.24, 2.45) is 0 Å². The Labute approximate surface area is 155 Å². The lowest BCUT2D eigenvalue weighted by Gasteiger charge is -2.28. The second-order valence-electron chi connectivity index (χ2n) is 5.65. The molecule has 1 N–H and O–H groups in total. The van der Waals surface area contributed by atoms with Gasteiger partial charge in [0.05, 0.1) is 31.3 Å². The van der Waals surface area contributed by atoms with Crippen molar-refractivity contribution in [1.29, 1.82) is 0 Å². The van der Waals surface area contributed by atoms with Crippen LogP contribution < -0.4 is 10.2 Å². The fourth-order valence-corrected chi connectivity index (χ4v) is 3.05. The first kappa shape index (κ1) is 18.2. The number of anilines is 1. The quantitative estimate of drug-likeness (QED) is 0.454. The van der Waals surface area contributed by atoms with Crippen LogP contribution in [0.3, 0.4) is 0 Å². The van der Waals surface area contributed by atoms with Crippen LogP contribution in [0, 0.1) is 0 Å². The average molecular weight is 385 g/mol. The highest BCUT2D eigenvalue weighted by atomic mass is 35.5. The normalized spacial score (nSPS) is 16.2. The van der Waals surface area contributed by atoms with E-state index in [4.69, 9.17) is 16.3 Å². The zero-order chi connectivity index (χ0) is 17.8. The van der Waals surface area contributed by atoms with Crippen molar-refractivity contribution in [1.82, 2.24) is 25.1 Å². The first-order valence-corrected chi connectivity index (χ1v) is 9.78. The molecule has 3 rings (SSSR count). The molecule has 1 fully saturated rings. The Morgan fingerprint density at radius 1 is 1.44 bits per heavy atom. The summed E-state index contributed by atoms with van der Waals surface area (Å²) in [7, 11) is 0. The Morgan fingerprint density at radius 2 is 2.20 bits per heavy atom. The van der Waals surface area contributed by atoms with E-state index in [1.54, 1.807) is 17.8 Å². The van der Waals surface area contributed by atoms with Crippen LogP contribution in [0.2, 0.25) is 0 Å². The van der Waals surface area contributed by atoms with Gasteiger partial charge in [-0.3, -0.25) is 4.79 Å². The molecule has 25 heavy (non-hydrogen) atoms. The van der Waals surface area contributed by atoms with Crippen LogP contribution in [0.1, 0.15) is 6.92 Å². The SMILES string of the molecule is CSc1nc(N2CCOCC2)c2cnn(CCNC(=O)C(C)Cl)c2n1. The second kappa shape index (κ2) is 8.20. The molecule has 0 aliphatic carbocycles. The predicted octanol–water partition coefficient (Wildman–Crippen LogP) is 1.13. The van der Waals surface area contributed by atoms with Gasteiger partial charge in [-0.1, -0.05) is 11.8 Å². The zero-order valence-electron chi connectivity index (χ0n) is 14.2. The van der Waals surface area contributed by atoms with Gasteiger partial charge in [0.1, 0.15) is 11.2 Å². The molecule has 0 spiro atoms. The summed E-state index contributed by atoms with van der Waals surface area (Å²) < 4.78 is 7.22. The Hall–Kier alpha value is -1.58. The van der Waals surface area contributed by atoms with Gasteiger partial charge in [-0.2, -0.15) is 5.10 Å². The van der Waals surface area contributed by atoms with E-state index < -0.39 is 5.38 Å². The second-order valence-corrected chi connectivity index (χ2v) is 7.07. The fraction of sp³-hybridized carbons (Fsp3) is 0.600. The number of alkyl halides is 1. The van der Waals surface area contributed by atoms with Crippen LogP contribution in [-0.2, 0) is 16.1 Å². The molecule has 0 aromatic carbocycles. The Bertz CT molecular complexity index is 747. The number of fused-ring (bicyclic) bond motifs is 1. The predicted molar refractivity (Wildman–Crippen MR) is 98.5 cm³/mol. The molecule has 1 atom stereocenters. The number of amides is 1. The van der Waals surface area contributed by atoms with Crippen molar-refractivity contribution in [2.75, 3.05) is 44.0 Å². The van der Waals surface area contributed by atoms with Crippen molar-refractivity contribution in [3.63, 3.8) is 0 Å². The number of rotatable bonds is 6. The number of nitrogens with zero attached hydrogens (tertiary/aromatic N) is 5. The van der Waals surface area contributed by atoms with E-state index >= 15 is 0 Å².